The van der Waals surface area contributed by atoms with Gasteiger partial charge in [0.25, 0.3) is 0 Å². The molecule has 0 aliphatic rings. The van der Waals surface area contributed by atoms with Crippen molar-refractivity contribution in [2.75, 3.05) is 6.26 Å². The fourth-order valence-corrected chi connectivity index (χ4v) is 2.06. The number of carboxylic acids is 1. The highest BCUT2D eigenvalue weighted by atomic mass is 32.2. The number of rotatable bonds is 5. The van der Waals surface area contributed by atoms with Gasteiger partial charge >= 0.3 is 11.7 Å². The van der Waals surface area contributed by atoms with Crippen LogP contribution in [-0.4, -0.2) is 22.3 Å². The lowest BCUT2D eigenvalue weighted by Crippen LogP contribution is -1.99. The van der Waals surface area contributed by atoms with Crippen molar-refractivity contribution in [2.45, 2.75) is 4.90 Å². The second-order valence-corrected chi connectivity index (χ2v) is 4.90. The number of carboxylic acid groups (broad SMARTS) is 1. The Bertz CT molecular complexity index is 684. The van der Waals surface area contributed by atoms with Crippen molar-refractivity contribution in [1.29, 1.82) is 0 Å². The first-order valence-corrected chi connectivity index (χ1v) is 7.07. The summed E-state index contributed by atoms with van der Waals surface area (Å²) in [4.78, 5) is 22.3. The molecule has 0 amide bonds. The second kappa shape index (κ2) is 6.27. The summed E-state index contributed by atoms with van der Waals surface area (Å²) in [6.45, 7) is 0. The van der Waals surface area contributed by atoms with Crippen LogP contribution in [0.1, 0.15) is 10.4 Å². The zero-order chi connectivity index (χ0) is 15.4. The molecule has 6 nitrogen and oxygen atoms in total. The smallest absolute Gasteiger partial charge is 0.335 e. The van der Waals surface area contributed by atoms with E-state index in [1.165, 1.54) is 6.07 Å². The Labute approximate surface area is 124 Å². The standard InChI is InChI=1S/C14H11NO5S/c1-21-11-5-3-10(4-6-11)20-13-8-9(14(16)17)2-7-12(13)15(18)19/h2-8H,1H3,(H,16,17). The Kier molecular flexibility index (Phi) is 4.44. The van der Waals surface area contributed by atoms with E-state index in [0.29, 0.717) is 5.75 Å². The average molecular weight is 305 g/mol. The molecule has 0 aliphatic heterocycles. The predicted molar refractivity (Wildman–Crippen MR) is 78.4 cm³/mol. The number of ether oxygens (including phenoxy) is 1. The molecule has 0 bridgehead atoms. The van der Waals surface area contributed by atoms with E-state index in [1.54, 1.807) is 23.9 Å². The molecule has 0 unspecified atom stereocenters. The Morgan fingerprint density at radius 1 is 1.24 bits per heavy atom. The van der Waals surface area contributed by atoms with Gasteiger partial charge in [-0.1, -0.05) is 0 Å². The van der Waals surface area contributed by atoms with Crippen molar-refractivity contribution < 1.29 is 19.6 Å². The molecule has 2 aromatic carbocycles. The number of hydrogen-bond donors (Lipinski definition) is 1. The molecule has 0 aliphatic carbocycles. The monoisotopic (exact) mass is 305 g/mol. The lowest BCUT2D eigenvalue weighted by molar-refractivity contribution is -0.385. The molecule has 2 aromatic rings. The number of aromatic carboxylic acids is 1. The van der Waals surface area contributed by atoms with Gasteiger partial charge in [0.05, 0.1) is 10.5 Å². The fourth-order valence-electron chi connectivity index (χ4n) is 1.65. The first kappa shape index (κ1) is 14.9. The van der Waals surface area contributed by atoms with Gasteiger partial charge in [-0.05, 0) is 36.6 Å². The van der Waals surface area contributed by atoms with Gasteiger partial charge in [0.1, 0.15) is 5.75 Å². The van der Waals surface area contributed by atoms with Crippen LogP contribution in [0, 0.1) is 10.1 Å². The second-order valence-electron chi connectivity index (χ2n) is 4.02. The van der Waals surface area contributed by atoms with Gasteiger partial charge < -0.3 is 9.84 Å². The minimum absolute atomic E-state index is 0.0728. The summed E-state index contributed by atoms with van der Waals surface area (Å²) in [5.41, 5.74) is -0.356. The van der Waals surface area contributed by atoms with Crippen molar-refractivity contribution in [3.63, 3.8) is 0 Å². The predicted octanol–water partition coefficient (Wildman–Crippen LogP) is 3.81. The Morgan fingerprint density at radius 3 is 2.43 bits per heavy atom. The van der Waals surface area contributed by atoms with Crippen LogP contribution < -0.4 is 4.74 Å². The van der Waals surface area contributed by atoms with Gasteiger partial charge in [-0.25, -0.2) is 4.79 Å². The van der Waals surface area contributed by atoms with Gasteiger partial charge in [0.15, 0.2) is 0 Å². The maximum Gasteiger partial charge on any atom is 0.335 e. The summed E-state index contributed by atoms with van der Waals surface area (Å²) >= 11 is 1.56. The van der Waals surface area contributed by atoms with Gasteiger partial charge in [0.2, 0.25) is 5.75 Å². The van der Waals surface area contributed by atoms with Crippen molar-refractivity contribution in [2.24, 2.45) is 0 Å². The highest BCUT2D eigenvalue weighted by molar-refractivity contribution is 7.98. The quantitative estimate of drug-likeness (QED) is 0.513. The minimum atomic E-state index is -1.17. The van der Waals surface area contributed by atoms with E-state index in [-0.39, 0.29) is 17.0 Å². The van der Waals surface area contributed by atoms with Crippen LogP contribution in [0.15, 0.2) is 47.4 Å². The number of nitro benzene ring substituents is 1. The molecule has 0 saturated heterocycles. The lowest BCUT2D eigenvalue weighted by atomic mass is 10.2. The van der Waals surface area contributed by atoms with Crippen molar-refractivity contribution in [3.05, 3.63) is 58.1 Å². The third-order valence-electron chi connectivity index (χ3n) is 2.69. The largest absolute Gasteiger partial charge is 0.478 e. The van der Waals surface area contributed by atoms with Gasteiger partial charge in [-0.15, -0.1) is 11.8 Å². The van der Waals surface area contributed by atoms with Crippen LogP contribution >= 0.6 is 11.8 Å². The maximum absolute atomic E-state index is 11.0. The van der Waals surface area contributed by atoms with Crippen molar-refractivity contribution >= 4 is 23.4 Å². The van der Waals surface area contributed by atoms with Crippen LogP contribution in [0.2, 0.25) is 0 Å². The maximum atomic E-state index is 11.0. The number of carbonyl (C=O) groups is 1. The Balaban J connectivity index is 2.37. The highest BCUT2D eigenvalue weighted by Crippen LogP contribution is 2.32. The zero-order valence-corrected chi connectivity index (χ0v) is 11.8. The Morgan fingerprint density at radius 2 is 1.90 bits per heavy atom. The molecule has 108 valence electrons. The molecule has 0 fully saturated rings. The molecule has 0 saturated carbocycles. The van der Waals surface area contributed by atoms with Gasteiger partial charge in [-0.2, -0.15) is 0 Å². The molecule has 0 heterocycles. The summed E-state index contributed by atoms with van der Waals surface area (Å²) in [7, 11) is 0. The van der Waals surface area contributed by atoms with E-state index in [2.05, 4.69) is 0 Å². The molecule has 2 rings (SSSR count). The summed E-state index contributed by atoms with van der Waals surface area (Å²) in [5, 5.41) is 19.9. The first-order chi connectivity index (χ1) is 10.0. The van der Waals surface area contributed by atoms with E-state index in [1.807, 2.05) is 18.4 Å². The highest BCUT2D eigenvalue weighted by Gasteiger charge is 2.18. The summed E-state index contributed by atoms with van der Waals surface area (Å²) < 4.78 is 5.45. The third-order valence-corrected chi connectivity index (χ3v) is 3.43. The molecular formula is C14H11NO5S. The molecule has 0 atom stereocenters. The summed E-state index contributed by atoms with van der Waals surface area (Å²) in [6.07, 6.45) is 1.93. The number of nitrogens with zero attached hydrogens (tertiary/aromatic N) is 1. The van der Waals surface area contributed by atoms with Crippen LogP contribution in [-0.2, 0) is 0 Å². The normalized spacial score (nSPS) is 10.1. The van der Waals surface area contributed by atoms with Crippen LogP contribution in [0.25, 0.3) is 0 Å². The summed E-state index contributed by atoms with van der Waals surface area (Å²) in [5.74, 6) is -0.872. The molecule has 0 radical (unpaired) electrons. The number of hydrogen-bond acceptors (Lipinski definition) is 5. The lowest BCUT2D eigenvalue weighted by Gasteiger charge is -2.07. The van der Waals surface area contributed by atoms with E-state index >= 15 is 0 Å². The molecular weight excluding hydrogens is 294 g/mol. The minimum Gasteiger partial charge on any atom is -0.478 e. The number of nitro groups is 1. The summed E-state index contributed by atoms with van der Waals surface area (Å²) in [6, 6.07) is 10.4. The average Bonchev–Trinajstić information content (AvgIpc) is 2.47. The Hall–Kier alpha value is -2.54. The van der Waals surface area contributed by atoms with Crippen molar-refractivity contribution in [1.82, 2.24) is 0 Å². The van der Waals surface area contributed by atoms with Crippen LogP contribution in [0.3, 0.4) is 0 Å². The van der Waals surface area contributed by atoms with E-state index in [4.69, 9.17) is 9.84 Å². The molecule has 0 aromatic heterocycles. The van der Waals surface area contributed by atoms with Gasteiger partial charge in [0, 0.05) is 17.0 Å². The van der Waals surface area contributed by atoms with Crippen LogP contribution in [0.5, 0.6) is 11.5 Å². The first-order valence-electron chi connectivity index (χ1n) is 5.85. The molecule has 1 N–H and O–H groups in total. The van der Waals surface area contributed by atoms with E-state index in [9.17, 15) is 14.9 Å². The van der Waals surface area contributed by atoms with E-state index in [0.717, 1.165) is 17.0 Å². The third kappa shape index (κ3) is 3.51. The van der Waals surface area contributed by atoms with Gasteiger partial charge in [-0.3, -0.25) is 10.1 Å². The fraction of sp³-hybridized carbons (Fsp3) is 0.0714. The molecule has 21 heavy (non-hydrogen) atoms. The SMILES string of the molecule is CSc1ccc(Oc2cc(C(=O)O)ccc2[N+](=O)[O-])cc1. The van der Waals surface area contributed by atoms with E-state index < -0.39 is 10.9 Å². The van der Waals surface area contributed by atoms with Crippen LogP contribution in [0.4, 0.5) is 5.69 Å². The molecule has 0 spiro atoms. The topological polar surface area (TPSA) is 89.7 Å². The number of benzene rings is 2. The zero-order valence-electron chi connectivity index (χ0n) is 11.0. The van der Waals surface area contributed by atoms with Crippen molar-refractivity contribution in [3.8, 4) is 11.5 Å². The number of thioether (sulfide) groups is 1. The molecule has 7 heteroatoms.